The van der Waals surface area contributed by atoms with E-state index in [0.717, 1.165) is 31.3 Å². The van der Waals surface area contributed by atoms with Gasteiger partial charge in [0.2, 0.25) is 0 Å². The minimum absolute atomic E-state index is 0. The van der Waals surface area contributed by atoms with Gasteiger partial charge >= 0.3 is 0 Å². The second-order valence-electron chi connectivity index (χ2n) is 6.56. The average Bonchev–Trinajstić information content (AvgIpc) is 3.04. The van der Waals surface area contributed by atoms with Gasteiger partial charge in [-0.3, -0.25) is 0 Å². The molecule has 0 radical (unpaired) electrons. The molecule has 2 aromatic rings. The van der Waals surface area contributed by atoms with Gasteiger partial charge in [-0.15, -0.1) is 24.0 Å². The van der Waals surface area contributed by atoms with Crippen molar-refractivity contribution < 1.29 is 0 Å². The van der Waals surface area contributed by atoms with Crippen LogP contribution in [0, 0.1) is 5.92 Å². The molecule has 0 saturated carbocycles. The van der Waals surface area contributed by atoms with E-state index < -0.39 is 0 Å². The third-order valence-electron chi connectivity index (χ3n) is 4.03. The Balaban J connectivity index is 0.00000338. The summed E-state index contributed by atoms with van der Waals surface area (Å²) in [5, 5.41) is 6.71. The zero-order valence-corrected chi connectivity index (χ0v) is 18.7. The summed E-state index contributed by atoms with van der Waals surface area (Å²) in [6.07, 6.45) is 4.93. The van der Waals surface area contributed by atoms with Gasteiger partial charge in [-0.2, -0.15) is 0 Å². The van der Waals surface area contributed by atoms with E-state index in [0.29, 0.717) is 19.0 Å². The number of aromatic nitrogens is 2. The van der Waals surface area contributed by atoms with Crippen LogP contribution in [0.25, 0.3) is 0 Å². The van der Waals surface area contributed by atoms with Crippen molar-refractivity contribution in [3.8, 4) is 0 Å². The molecule has 0 fully saturated rings. The van der Waals surface area contributed by atoms with Gasteiger partial charge in [0.15, 0.2) is 5.96 Å². The van der Waals surface area contributed by atoms with Crippen LogP contribution in [0.3, 0.4) is 0 Å². The van der Waals surface area contributed by atoms with E-state index in [9.17, 15) is 0 Å². The largest absolute Gasteiger partial charge is 0.357 e. The Morgan fingerprint density at radius 2 is 1.88 bits per heavy atom. The molecule has 0 atom stereocenters. The standard InChI is InChI=1S/C20H31N5.HI/c1-5-17-9-7-8-10-18(17)13-23-20(21-6-2)24-14-19-22-11-12-25(19)15-16(3)4;/h7-12,16H,5-6,13-15H2,1-4H3,(H2,21,23,24);1H. The van der Waals surface area contributed by atoms with Gasteiger partial charge in [-0.1, -0.05) is 45.0 Å². The van der Waals surface area contributed by atoms with Crippen molar-refractivity contribution in [2.45, 2.75) is 53.8 Å². The smallest absolute Gasteiger partial charge is 0.191 e. The summed E-state index contributed by atoms with van der Waals surface area (Å²) in [6, 6.07) is 8.49. The van der Waals surface area contributed by atoms with Crippen molar-refractivity contribution in [3.05, 3.63) is 53.6 Å². The van der Waals surface area contributed by atoms with E-state index in [4.69, 9.17) is 4.99 Å². The van der Waals surface area contributed by atoms with E-state index in [1.165, 1.54) is 11.1 Å². The van der Waals surface area contributed by atoms with E-state index in [1.54, 1.807) is 0 Å². The molecular weight excluding hydrogens is 437 g/mol. The van der Waals surface area contributed by atoms with Crippen molar-refractivity contribution in [2.24, 2.45) is 10.9 Å². The summed E-state index contributed by atoms with van der Waals surface area (Å²) in [6.45, 7) is 11.9. The molecule has 5 nitrogen and oxygen atoms in total. The number of aliphatic imine (C=N–C) groups is 1. The SMILES string of the molecule is CCNC(=NCc1ccccc1CC)NCc1nccn1CC(C)C.I. The lowest BCUT2D eigenvalue weighted by Gasteiger charge is -2.14. The van der Waals surface area contributed by atoms with Crippen molar-refractivity contribution in [1.29, 1.82) is 0 Å². The van der Waals surface area contributed by atoms with E-state index >= 15 is 0 Å². The highest BCUT2D eigenvalue weighted by Gasteiger charge is 2.06. The van der Waals surface area contributed by atoms with Crippen LogP contribution in [0.1, 0.15) is 44.6 Å². The Labute approximate surface area is 174 Å². The van der Waals surface area contributed by atoms with Gasteiger partial charge in [-0.25, -0.2) is 9.98 Å². The second-order valence-corrected chi connectivity index (χ2v) is 6.56. The summed E-state index contributed by atoms with van der Waals surface area (Å²) < 4.78 is 2.20. The number of rotatable bonds is 8. The van der Waals surface area contributed by atoms with Gasteiger partial charge in [0.05, 0.1) is 13.1 Å². The van der Waals surface area contributed by atoms with E-state index in [1.807, 2.05) is 12.4 Å². The molecule has 1 heterocycles. The Hall–Kier alpha value is -1.57. The zero-order chi connectivity index (χ0) is 18.1. The maximum absolute atomic E-state index is 4.74. The summed E-state index contributed by atoms with van der Waals surface area (Å²) in [5.74, 6) is 2.46. The molecule has 0 saturated heterocycles. The molecule has 2 N–H and O–H groups in total. The first-order valence-corrected chi connectivity index (χ1v) is 9.23. The molecule has 0 unspecified atom stereocenters. The number of nitrogens with one attached hydrogen (secondary N) is 2. The molecule has 0 spiro atoms. The van der Waals surface area contributed by atoms with Crippen LogP contribution in [-0.2, 0) is 26.1 Å². The molecule has 0 aliphatic rings. The van der Waals surface area contributed by atoms with Gasteiger partial charge in [0, 0.05) is 25.5 Å². The number of imidazole rings is 1. The summed E-state index contributed by atoms with van der Waals surface area (Å²) in [5.41, 5.74) is 2.64. The van der Waals surface area contributed by atoms with Crippen LogP contribution in [0.2, 0.25) is 0 Å². The third kappa shape index (κ3) is 6.97. The minimum Gasteiger partial charge on any atom is -0.357 e. The van der Waals surface area contributed by atoms with Gasteiger partial charge in [0.1, 0.15) is 5.82 Å². The molecule has 0 aliphatic carbocycles. The quantitative estimate of drug-likeness (QED) is 0.350. The Kier molecular flexibility index (Phi) is 10.3. The Bertz CT molecular complexity index is 678. The van der Waals surface area contributed by atoms with Crippen LogP contribution < -0.4 is 10.6 Å². The highest BCUT2D eigenvalue weighted by molar-refractivity contribution is 14.0. The predicted molar refractivity (Wildman–Crippen MR) is 120 cm³/mol. The van der Waals surface area contributed by atoms with E-state index in [-0.39, 0.29) is 24.0 Å². The monoisotopic (exact) mass is 469 g/mol. The van der Waals surface area contributed by atoms with Gasteiger partial charge in [-0.05, 0) is 30.4 Å². The molecule has 2 rings (SSSR count). The molecule has 0 amide bonds. The molecule has 1 aromatic carbocycles. The number of aryl methyl sites for hydroxylation is 1. The molecule has 26 heavy (non-hydrogen) atoms. The fraction of sp³-hybridized carbons (Fsp3) is 0.500. The maximum Gasteiger partial charge on any atom is 0.191 e. The Morgan fingerprint density at radius 3 is 2.54 bits per heavy atom. The van der Waals surface area contributed by atoms with Crippen LogP contribution >= 0.6 is 24.0 Å². The van der Waals surface area contributed by atoms with Crippen LogP contribution in [0.15, 0.2) is 41.7 Å². The van der Waals surface area contributed by atoms with Crippen molar-refractivity contribution in [3.63, 3.8) is 0 Å². The number of hydrogen-bond acceptors (Lipinski definition) is 2. The molecular formula is C20H32IN5. The highest BCUT2D eigenvalue weighted by atomic mass is 127. The van der Waals surface area contributed by atoms with Crippen molar-refractivity contribution in [2.75, 3.05) is 6.54 Å². The van der Waals surface area contributed by atoms with Gasteiger partial charge in [0.25, 0.3) is 0 Å². The van der Waals surface area contributed by atoms with Crippen LogP contribution in [0.5, 0.6) is 0 Å². The van der Waals surface area contributed by atoms with E-state index in [2.05, 4.69) is 72.1 Å². The Morgan fingerprint density at radius 1 is 1.15 bits per heavy atom. The third-order valence-corrected chi connectivity index (χ3v) is 4.03. The molecule has 144 valence electrons. The number of guanidine groups is 1. The fourth-order valence-corrected chi connectivity index (χ4v) is 2.79. The normalized spacial score (nSPS) is 11.3. The lowest BCUT2D eigenvalue weighted by Crippen LogP contribution is -2.37. The first kappa shape index (κ1) is 22.5. The van der Waals surface area contributed by atoms with Gasteiger partial charge < -0.3 is 15.2 Å². The molecule has 6 heteroatoms. The van der Waals surface area contributed by atoms with Crippen LogP contribution in [0.4, 0.5) is 0 Å². The first-order chi connectivity index (χ1) is 12.1. The molecule has 1 aromatic heterocycles. The average molecular weight is 469 g/mol. The molecule has 0 bridgehead atoms. The second kappa shape index (κ2) is 11.9. The first-order valence-electron chi connectivity index (χ1n) is 9.23. The van der Waals surface area contributed by atoms with Crippen molar-refractivity contribution >= 4 is 29.9 Å². The molecule has 0 aliphatic heterocycles. The van der Waals surface area contributed by atoms with Crippen LogP contribution in [-0.4, -0.2) is 22.1 Å². The fourth-order valence-electron chi connectivity index (χ4n) is 2.79. The lowest BCUT2D eigenvalue weighted by atomic mass is 10.1. The van der Waals surface area contributed by atoms with Crippen molar-refractivity contribution in [1.82, 2.24) is 20.2 Å². The minimum atomic E-state index is 0. The lowest BCUT2D eigenvalue weighted by molar-refractivity contribution is 0.503. The number of hydrogen-bond donors (Lipinski definition) is 2. The summed E-state index contributed by atoms with van der Waals surface area (Å²) in [4.78, 5) is 9.20. The number of benzene rings is 1. The summed E-state index contributed by atoms with van der Waals surface area (Å²) in [7, 11) is 0. The summed E-state index contributed by atoms with van der Waals surface area (Å²) >= 11 is 0. The number of halogens is 1. The highest BCUT2D eigenvalue weighted by Crippen LogP contribution is 2.10. The number of nitrogens with zero attached hydrogens (tertiary/aromatic N) is 3. The predicted octanol–water partition coefficient (Wildman–Crippen LogP) is 3.97. The maximum atomic E-state index is 4.74. The topological polar surface area (TPSA) is 54.2 Å². The zero-order valence-electron chi connectivity index (χ0n) is 16.3.